The SMILES string of the molecule is CCOc1cc(/C=N\NCc2c(Cl)cccc2Cl)cc(I)c1OCc1cccc2ccccc12. The molecule has 4 aromatic rings. The molecule has 1 N–H and O–H groups in total. The molecule has 0 saturated heterocycles. The molecule has 174 valence electrons. The van der Waals surface area contributed by atoms with Crippen LogP contribution < -0.4 is 14.9 Å². The highest BCUT2D eigenvalue weighted by Gasteiger charge is 2.13. The molecule has 4 rings (SSSR count). The Hall–Kier alpha value is -2.48. The lowest BCUT2D eigenvalue weighted by atomic mass is 10.1. The number of halogens is 3. The van der Waals surface area contributed by atoms with Crippen molar-refractivity contribution < 1.29 is 9.47 Å². The Morgan fingerprint density at radius 3 is 2.47 bits per heavy atom. The fourth-order valence-electron chi connectivity index (χ4n) is 3.58. The maximum absolute atomic E-state index is 6.26. The first-order valence-electron chi connectivity index (χ1n) is 10.8. The van der Waals surface area contributed by atoms with Crippen LogP contribution in [-0.2, 0) is 13.2 Å². The van der Waals surface area contributed by atoms with Crippen LogP contribution in [0.4, 0.5) is 0 Å². The van der Waals surface area contributed by atoms with Crippen molar-refractivity contribution in [2.24, 2.45) is 5.10 Å². The lowest BCUT2D eigenvalue weighted by Crippen LogP contribution is -2.07. The molecule has 0 aliphatic carbocycles. The van der Waals surface area contributed by atoms with Crippen LogP contribution in [0, 0.1) is 3.57 Å². The summed E-state index contributed by atoms with van der Waals surface area (Å²) in [6, 6.07) is 23.9. The number of hydrogen-bond acceptors (Lipinski definition) is 4. The van der Waals surface area contributed by atoms with Crippen LogP contribution in [0.25, 0.3) is 10.8 Å². The predicted octanol–water partition coefficient (Wildman–Crippen LogP) is 7.85. The summed E-state index contributed by atoms with van der Waals surface area (Å²) >= 11 is 14.7. The van der Waals surface area contributed by atoms with E-state index in [-0.39, 0.29) is 0 Å². The highest BCUT2D eigenvalue weighted by atomic mass is 127. The van der Waals surface area contributed by atoms with E-state index in [1.54, 1.807) is 6.21 Å². The highest BCUT2D eigenvalue weighted by Crippen LogP contribution is 2.35. The van der Waals surface area contributed by atoms with Gasteiger partial charge in [0.1, 0.15) is 6.61 Å². The first-order valence-corrected chi connectivity index (χ1v) is 12.6. The van der Waals surface area contributed by atoms with Gasteiger partial charge in [-0.25, -0.2) is 0 Å². The smallest absolute Gasteiger partial charge is 0.175 e. The average Bonchev–Trinajstić information content (AvgIpc) is 2.83. The number of benzene rings is 4. The minimum Gasteiger partial charge on any atom is -0.490 e. The monoisotopic (exact) mass is 604 g/mol. The summed E-state index contributed by atoms with van der Waals surface area (Å²) in [7, 11) is 0. The maximum atomic E-state index is 6.26. The van der Waals surface area contributed by atoms with Gasteiger partial charge in [-0.3, -0.25) is 0 Å². The number of nitrogens with zero attached hydrogens (tertiary/aromatic N) is 1. The fourth-order valence-corrected chi connectivity index (χ4v) is 4.89. The molecule has 34 heavy (non-hydrogen) atoms. The van der Waals surface area contributed by atoms with E-state index in [1.807, 2.05) is 49.4 Å². The van der Waals surface area contributed by atoms with E-state index < -0.39 is 0 Å². The molecule has 0 heterocycles. The second kappa shape index (κ2) is 11.8. The molecule has 0 saturated carbocycles. The molecule has 0 aromatic heterocycles. The van der Waals surface area contributed by atoms with Gasteiger partial charge in [0.15, 0.2) is 11.5 Å². The molecule has 4 nitrogen and oxygen atoms in total. The van der Waals surface area contributed by atoms with E-state index in [4.69, 9.17) is 32.7 Å². The molecule has 0 atom stereocenters. The van der Waals surface area contributed by atoms with Gasteiger partial charge in [-0.2, -0.15) is 5.10 Å². The normalized spacial score (nSPS) is 11.2. The van der Waals surface area contributed by atoms with Gasteiger partial charge in [-0.05, 0) is 75.7 Å². The van der Waals surface area contributed by atoms with E-state index in [1.165, 1.54) is 10.8 Å². The number of ether oxygens (including phenoxy) is 2. The van der Waals surface area contributed by atoms with Crippen molar-refractivity contribution in [3.8, 4) is 11.5 Å². The van der Waals surface area contributed by atoms with Gasteiger partial charge in [0.2, 0.25) is 0 Å². The quantitative estimate of drug-likeness (QED) is 0.120. The van der Waals surface area contributed by atoms with Crippen LogP contribution in [0.3, 0.4) is 0 Å². The molecule has 0 aliphatic heterocycles. The largest absolute Gasteiger partial charge is 0.490 e. The number of hydrogen-bond donors (Lipinski definition) is 1. The van der Waals surface area contributed by atoms with Crippen LogP contribution in [0.5, 0.6) is 11.5 Å². The molecular weight excluding hydrogens is 582 g/mol. The Balaban J connectivity index is 1.49. The van der Waals surface area contributed by atoms with Gasteiger partial charge >= 0.3 is 0 Å². The van der Waals surface area contributed by atoms with E-state index in [0.717, 1.165) is 26.0 Å². The lowest BCUT2D eigenvalue weighted by Gasteiger charge is -2.15. The minimum atomic E-state index is 0.427. The first kappa shape index (κ1) is 24.6. The van der Waals surface area contributed by atoms with Gasteiger partial charge in [0, 0.05) is 15.6 Å². The van der Waals surface area contributed by atoms with Crippen molar-refractivity contribution in [3.05, 3.63) is 103 Å². The Morgan fingerprint density at radius 2 is 1.68 bits per heavy atom. The van der Waals surface area contributed by atoms with E-state index >= 15 is 0 Å². The Labute approximate surface area is 223 Å². The summed E-state index contributed by atoms with van der Waals surface area (Å²) < 4.78 is 13.1. The van der Waals surface area contributed by atoms with Gasteiger partial charge in [0.05, 0.1) is 22.9 Å². The maximum Gasteiger partial charge on any atom is 0.175 e. The molecular formula is C27H23Cl2IN2O2. The van der Waals surface area contributed by atoms with Crippen molar-refractivity contribution in [1.82, 2.24) is 5.43 Å². The highest BCUT2D eigenvalue weighted by molar-refractivity contribution is 14.1. The van der Waals surface area contributed by atoms with Crippen molar-refractivity contribution in [2.75, 3.05) is 6.61 Å². The average molecular weight is 605 g/mol. The van der Waals surface area contributed by atoms with Crippen molar-refractivity contribution >= 4 is 62.8 Å². The third kappa shape index (κ3) is 5.95. The zero-order chi connectivity index (χ0) is 23.9. The first-order chi connectivity index (χ1) is 16.6. The second-order valence-electron chi connectivity index (χ2n) is 7.48. The summed E-state index contributed by atoms with van der Waals surface area (Å²) in [6.07, 6.45) is 1.74. The zero-order valence-corrected chi connectivity index (χ0v) is 22.2. The minimum absolute atomic E-state index is 0.427. The number of fused-ring (bicyclic) bond motifs is 1. The fraction of sp³-hybridized carbons (Fsp3) is 0.148. The molecule has 0 bridgehead atoms. The summed E-state index contributed by atoms with van der Waals surface area (Å²) in [5, 5.41) is 7.92. The van der Waals surface area contributed by atoms with Crippen molar-refractivity contribution in [2.45, 2.75) is 20.1 Å². The predicted molar refractivity (Wildman–Crippen MR) is 150 cm³/mol. The summed E-state index contributed by atoms with van der Waals surface area (Å²) in [5.74, 6) is 1.41. The van der Waals surface area contributed by atoms with Crippen LogP contribution in [0.15, 0.2) is 77.9 Å². The molecule has 0 aliphatic rings. The Morgan fingerprint density at radius 1 is 0.941 bits per heavy atom. The van der Waals surface area contributed by atoms with E-state index in [0.29, 0.717) is 35.6 Å². The van der Waals surface area contributed by atoms with Gasteiger partial charge in [-0.1, -0.05) is 71.7 Å². The van der Waals surface area contributed by atoms with E-state index in [2.05, 4.69) is 63.4 Å². The lowest BCUT2D eigenvalue weighted by molar-refractivity contribution is 0.268. The molecule has 7 heteroatoms. The third-order valence-electron chi connectivity index (χ3n) is 5.21. The number of hydrazone groups is 1. The zero-order valence-electron chi connectivity index (χ0n) is 18.5. The van der Waals surface area contributed by atoms with Crippen LogP contribution in [0.1, 0.15) is 23.6 Å². The molecule has 0 unspecified atom stereocenters. The summed E-state index contributed by atoms with van der Waals surface area (Å²) in [4.78, 5) is 0. The van der Waals surface area contributed by atoms with Crippen LogP contribution >= 0.6 is 45.8 Å². The number of nitrogens with one attached hydrogen (secondary N) is 1. The topological polar surface area (TPSA) is 42.8 Å². The Bertz CT molecular complexity index is 1300. The second-order valence-corrected chi connectivity index (χ2v) is 9.46. The van der Waals surface area contributed by atoms with Gasteiger partial charge < -0.3 is 14.9 Å². The molecule has 0 amide bonds. The molecule has 0 radical (unpaired) electrons. The van der Waals surface area contributed by atoms with Gasteiger partial charge in [0.25, 0.3) is 0 Å². The number of rotatable bonds is 9. The van der Waals surface area contributed by atoms with Crippen LogP contribution in [-0.4, -0.2) is 12.8 Å². The molecule has 0 spiro atoms. The Kier molecular flexibility index (Phi) is 8.53. The van der Waals surface area contributed by atoms with Crippen LogP contribution in [0.2, 0.25) is 10.0 Å². The standard InChI is InChI=1S/C27H23Cl2IN2O2/c1-2-33-26-14-18(15-31-32-16-22-23(28)11-6-12-24(22)29)13-25(30)27(26)34-17-20-9-5-8-19-7-3-4-10-21(19)20/h3-15,32H,2,16-17H2,1H3/b31-15-. The summed E-state index contributed by atoms with van der Waals surface area (Å²) in [6.45, 7) is 3.36. The molecule has 0 fully saturated rings. The third-order valence-corrected chi connectivity index (χ3v) is 6.72. The molecule has 4 aromatic carbocycles. The van der Waals surface area contributed by atoms with Crippen molar-refractivity contribution in [1.29, 1.82) is 0 Å². The van der Waals surface area contributed by atoms with Crippen molar-refractivity contribution in [3.63, 3.8) is 0 Å². The van der Waals surface area contributed by atoms with Gasteiger partial charge in [-0.15, -0.1) is 0 Å². The summed E-state index contributed by atoms with van der Waals surface area (Å²) in [5.41, 5.74) is 5.84. The van der Waals surface area contributed by atoms with E-state index in [9.17, 15) is 0 Å².